The zero-order chi connectivity index (χ0) is 8.27. The molecule has 0 aromatic heterocycles. The van der Waals surface area contributed by atoms with Gasteiger partial charge in [0.25, 0.3) is 0 Å². The molecular formula is C10H13F. The van der Waals surface area contributed by atoms with Gasteiger partial charge in [0.15, 0.2) is 0 Å². The quantitative estimate of drug-likeness (QED) is 0.567. The molecule has 1 aliphatic rings. The minimum absolute atomic E-state index is 0.278. The summed E-state index contributed by atoms with van der Waals surface area (Å²) in [6, 6.07) is 0. The lowest BCUT2D eigenvalue weighted by atomic mass is 9.91. The monoisotopic (exact) mass is 152 g/mol. The Labute approximate surface area is 67.1 Å². The van der Waals surface area contributed by atoms with Crippen LogP contribution in [-0.2, 0) is 0 Å². The lowest BCUT2D eigenvalue weighted by molar-refractivity contribution is 0.603. The van der Waals surface area contributed by atoms with Crippen LogP contribution in [0.25, 0.3) is 0 Å². The minimum atomic E-state index is -0.278. The number of rotatable bonds is 2. The van der Waals surface area contributed by atoms with E-state index < -0.39 is 0 Å². The molecule has 0 radical (unpaired) electrons. The molecule has 0 bridgehead atoms. The zero-order valence-corrected chi connectivity index (χ0v) is 6.70. The Hall–Kier alpha value is -0.850. The highest BCUT2D eigenvalue weighted by atomic mass is 19.1. The van der Waals surface area contributed by atoms with Crippen LogP contribution >= 0.6 is 0 Å². The summed E-state index contributed by atoms with van der Waals surface area (Å²) in [4.78, 5) is 0. The molecule has 0 spiro atoms. The van der Waals surface area contributed by atoms with E-state index in [1.165, 1.54) is 0 Å². The van der Waals surface area contributed by atoms with Crippen LogP contribution in [0.3, 0.4) is 0 Å². The van der Waals surface area contributed by atoms with Gasteiger partial charge in [0.05, 0.1) is 0 Å². The topological polar surface area (TPSA) is 0 Å². The van der Waals surface area contributed by atoms with Gasteiger partial charge in [-0.2, -0.15) is 0 Å². The highest BCUT2D eigenvalue weighted by Crippen LogP contribution is 2.29. The Morgan fingerprint density at radius 3 is 2.45 bits per heavy atom. The van der Waals surface area contributed by atoms with Crippen LogP contribution < -0.4 is 0 Å². The molecule has 0 saturated heterocycles. The second-order valence-corrected chi connectivity index (χ2v) is 2.82. The Kier molecular flexibility index (Phi) is 2.64. The van der Waals surface area contributed by atoms with Gasteiger partial charge in [0.1, 0.15) is 5.83 Å². The van der Waals surface area contributed by atoms with E-state index in [4.69, 9.17) is 0 Å². The minimum Gasteiger partial charge on any atom is -0.207 e. The standard InChI is InChI=1S/C10H13F/c1-3-9-6-4-5-7-10(9)8(2)11/h3H,1-2,4-7H2. The first-order valence-electron chi connectivity index (χ1n) is 3.95. The summed E-state index contributed by atoms with van der Waals surface area (Å²) < 4.78 is 12.7. The molecule has 0 heterocycles. The lowest BCUT2D eigenvalue weighted by Gasteiger charge is -2.15. The lowest BCUT2D eigenvalue weighted by Crippen LogP contribution is -1.97. The van der Waals surface area contributed by atoms with Crippen molar-refractivity contribution < 1.29 is 4.39 Å². The molecule has 0 fully saturated rings. The maximum absolute atomic E-state index is 12.7. The van der Waals surface area contributed by atoms with Gasteiger partial charge in [0.2, 0.25) is 0 Å². The number of hydrogen-bond acceptors (Lipinski definition) is 0. The molecule has 1 aliphatic carbocycles. The van der Waals surface area contributed by atoms with E-state index in [1.807, 2.05) is 0 Å². The first kappa shape index (κ1) is 8.25. The summed E-state index contributed by atoms with van der Waals surface area (Å²) in [7, 11) is 0. The third kappa shape index (κ3) is 1.79. The summed E-state index contributed by atoms with van der Waals surface area (Å²) in [5.41, 5.74) is 1.83. The zero-order valence-electron chi connectivity index (χ0n) is 6.70. The molecule has 0 aromatic rings. The Morgan fingerprint density at radius 2 is 2.00 bits per heavy atom. The third-order valence-electron chi connectivity index (χ3n) is 2.08. The fraction of sp³-hybridized carbons (Fsp3) is 0.400. The van der Waals surface area contributed by atoms with E-state index in [0.717, 1.165) is 36.8 Å². The van der Waals surface area contributed by atoms with Gasteiger partial charge >= 0.3 is 0 Å². The van der Waals surface area contributed by atoms with Gasteiger partial charge in [-0.3, -0.25) is 0 Å². The molecular weight excluding hydrogens is 139 g/mol. The van der Waals surface area contributed by atoms with Gasteiger partial charge in [-0.25, -0.2) is 4.39 Å². The fourth-order valence-corrected chi connectivity index (χ4v) is 1.46. The average Bonchev–Trinajstić information content (AvgIpc) is 2.04. The summed E-state index contributed by atoms with van der Waals surface area (Å²) in [6.45, 7) is 6.96. The number of hydrogen-bond donors (Lipinski definition) is 0. The largest absolute Gasteiger partial charge is 0.207 e. The smallest absolute Gasteiger partial charge is 0.119 e. The van der Waals surface area contributed by atoms with E-state index in [-0.39, 0.29) is 5.83 Å². The first-order chi connectivity index (χ1) is 5.25. The van der Waals surface area contributed by atoms with Crippen molar-refractivity contribution in [2.24, 2.45) is 0 Å². The molecule has 1 rings (SSSR count). The number of halogens is 1. The van der Waals surface area contributed by atoms with Crippen LogP contribution in [0.2, 0.25) is 0 Å². The van der Waals surface area contributed by atoms with Crippen LogP contribution in [0.1, 0.15) is 25.7 Å². The van der Waals surface area contributed by atoms with Crippen LogP contribution in [0.4, 0.5) is 4.39 Å². The van der Waals surface area contributed by atoms with Gasteiger partial charge in [-0.15, -0.1) is 0 Å². The first-order valence-corrected chi connectivity index (χ1v) is 3.95. The second kappa shape index (κ2) is 3.51. The maximum Gasteiger partial charge on any atom is 0.119 e. The molecule has 11 heavy (non-hydrogen) atoms. The van der Waals surface area contributed by atoms with Crippen molar-refractivity contribution in [1.82, 2.24) is 0 Å². The molecule has 0 N–H and O–H groups in total. The highest BCUT2D eigenvalue weighted by Gasteiger charge is 2.12. The molecule has 0 aliphatic heterocycles. The van der Waals surface area contributed by atoms with Crippen molar-refractivity contribution in [1.29, 1.82) is 0 Å². The molecule has 0 atom stereocenters. The summed E-state index contributed by atoms with van der Waals surface area (Å²) >= 11 is 0. The summed E-state index contributed by atoms with van der Waals surface area (Å²) in [5.74, 6) is -0.278. The van der Waals surface area contributed by atoms with Crippen molar-refractivity contribution in [3.63, 3.8) is 0 Å². The van der Waals surface area contributed by atoms with Crippen LogP contribution in [0.15, 0.2) is 36.2 Å². The van der Waals surface area contributed by atoms with Crippen molar-refractivity contribution in [3.8, 4) is 0 Å². The second-order valence-electron chi connectivity index (χ2n) is 2.82. The Bertz CT molecular complexity index is 211. The van der Waals surface area contributed by atoms with Gasteiger partial charge in [-0.1, -0.05) is 19.2 Å². The molecule has 1 heteroatoms. The van der Waals surface area contributed by atoms with E-state index in [2.05, 4.69) is 13.2 Å². The fourth-order valence-electron chi connectivity index (χ4n) is 1.46. The SMILES string of the molecule is C=CC1=C(C(=C)F)CCCC1. The normalized spacial score (nSPS) is 18.3. The summed E-state index contributed by atoms with van der Waals surface area (Å²) in [5, 5.41) is 0. The van der Waals surface area contributed by atoms with Gasteiger partial charge < -0.3 is 0 Å². The van der Waals surface area contributed by atoms with Crippen molar-refractivity contribution in [3.05, 3.63) is 36.2 Å². The van der Waals surface area contributed by atoms with E-state index in [1.54, 1.807) is 6.08 Å². The summed E-state index contributed by atoms with van der Waals surface area (Å²) in [6.07, 6.45) is 5.77. The Balaban J connectivity index is 2.90. The maximum atomic E-state index is 12.7. The van der Waals surface area contributed by atoms with Crippen molar-refractivity contribution in [2.75, 3.05) is 0 Å². The van der Waals surface area contributed by atoms with Crippen LogP contribution in [0, 0.1) is 0 Å². The third-order valence-corrected chi connectivity index (χ3v) is 2.08. The van der Waals surface area contributed by atoms with Crippen LogP contribution in [-0.4, -0.2) is 0 Å². The molecule has 0 nitrogen and oxygen atoms in total. The average molecular weight is 152 g/mol. The molecule has 0 amide bonds. The highest BCUT2D eigenvalue weighted by molar-refractivity contribution is 5.36. The molecule has 60 valence electrons. The predicted octanol–water partition coefficient (Wildman–Crippen LogP) is 3.53. The van der Waals surface area contributed by atoms with Gasteiger partial charge in [0, 0.05) is 0 Å². The van der Waals surface area contributed by atoms with Crippen LogP contribution in [0.5, 0.6) is 0 Å². The molecule has 0 saturated carbocycles. The van der Waals surface area contributed by atoms with Crippen molar-refractivity contribution in [2.45, 2.75) is 25.7 Å². The van der Waals surface area contributed by atoms with E-state index in [9.17, 15) is 4.39 Å². The van der Waals surface area contributed by atoms with E-state index >= 15 is 0 Å². The molecule has 0 unspecified atom stereocenters. The van der Waals surface area contributed by atoms with Gasteiger partial charge in [-0.05, 0) is 36.8 Å². The predicted molar refractivity (Wildman–Crippen MR) is 45.9 cm³/mol. The van der Waals surface area contributed by atoms with Crippen molar-refractivity contribution >= 4 is 0 Å². The van der Waals surface area contributed by atoms with E-state index in [0.29, 0.717) is 0 Å². The molecule has 0 aromatic carbocycles. The number of allylic oxidation sites excluding steroid dienone is 4. The Morgan fingerprint density at radius 1 is 1.36 bits per heavy atom.